The second-order valence-electron chi connectivity index (χ2n) is 6.45. The van der Waals surface area contributed by atoms with E-state index in [1.165, 1.54) is 12.8 Å². The van der Waals surface area contributed by atoms with Gasteiger partial charge in [-0.15, -0.1) is 0 Å². The summed E-state index contributed by atoms with van der Waals surface area (Å²) in [4.78, 5) is 14.2. The molecule has 2 fully saturated rings. The lowest BCUT2D eigenvalue weighted by atomic mass is 10.1. The van der Waals surface area contributed by atoms with Crippen LogP contribution in [0.3, 0.4) is 0 Å². The van der Waals surface area contributed by atoms with Crippen molar-refractivity contribution in [3.05, 3.63) is 0 Å². The first-order valence-electron chi connectivity index (χ1n) is 7.38. The molecule has 0 aromatic heterocycles. The highest BCUT2D eigenvalue weighted by molar-refractivity contribution is 5.78. The van der Waals surface area contributed by atoms with Gasteiger partial charge in [0.15, 0.2) is 0 Å². The Morgan fingerprint density at radius 1 is 1.42 bits per heavy atom. The molecule has 2 aliphatic rings. The lowest BCUT2D eigenvalue weighted by Crippen LogP contribution is -2.56. The molecule has 0 aromatic carbocycles. The van der Waals surface area contributed by atoms with Crippen LogP contribution in [0.1, 0.15) is 39.5 Å². The van der Waals surface area contributed by atoms with Crippen molar-refractivity contribution in [3.63, 3.8) is 0 Å². The van der Waals surface area contributed by atoms with Gasteiger partial charge in [-0.05, 0) is 26.7 Å². The van der Waals surface area contributed by atoms with Crippen LogP contribution in [0.4, 0.5) is 0 Å². The summed E-state index contributed by atoms with van der Waals surface area (Å²) in [7, 11) is 0. The van der Waals surface area contributed by atoms with E-state index in [-0.39, 0.29) is 17.6 Å². The predicted molar refractivity (Wildman–Crippen MR) is 74.8 cm³/mol. The summed E-state index contributed by atoms with van der Waals surface area (Å²) >= 11 is 0. The minimum atomic E-state index is -0.226. The van der Waals surface area contributed by atoms with E-state index in [1.54, 1.807) is 0 Å². The first-order chi connectivity index (χ1) is 8.98. The third kappa shape index (κ3) is 4.44. The summed E-state index contributed by atoms with van der Waals surface area (Å²) in [6.07, 6.45) is 4.77. The predicted octanol–water partition coefficient (Wildman–Crippen LogP) is 0.483. The van der Waals surface area contributed by atoms with E-state index in [9.17, 15) is 4.79 Å². The van der Waals surface area contributed by atoms with Crippen LogP contribution in [-0.4, -0.2) is 54.7 Å². The molecule has 1 aliphatic carbocycles. The van der Waals surface area contributed by atoms with Gasteiger partial charge in [0.25, 0.3) is 0 Å². The highest BCUT2D eigenvalue weighted by Gasteiger charge is 2.33. The molecule has 0 radical (unpaired) electrons. The molecule has 1 atom stereocenters. The number of nitrogens with one attached hydrogen (secondary N) is 1. The van der Waals surface area contributed by atoms with E-state index >= 15 is 0 Å². The average Bonchev–Trinajstić information content (AvgIpc) is 2.79. The third-order valence-corrected chi connectivity index (χ3v) is 3.90. The molecule has 0 bridgehead atoms. The van der Waals surface area contributed by atoms with Gasteiger partial charge >= 0.3 is 0 Å². The van der Waals surface area contributed by atoms with E-state index in [0.29, 0.717) is 19.1 Å². The number of morpholine rings is 1. The van der Waals surface area contributed by atoms with Gasteiger partial charge in [0.2, 0.25) is 5.91 Å². The zero-order valence-electron chi connectivity index (χ0n) is 12.2. The van der Waals surface area contributed by atoms with Crippen molar-refractivity contribution in [2.75, 3.05) is 26.2 Å². The molecular weight excluding hydrogens is 242 g/mol. The Morgan fingerprint density at radius 2 is 2.11 bits per heavy atom. The second kappa shape index (κ2) is 6.20. The fourth-order valence-electron chi connectivity index (χ4n) is 3.21. The van der Waals surface area contributed by atoms with Crippen LogP contribution in [0.5, 0.6) is 0 Å². The largest absolute Gasteiger partial charge is 0.368 e. The van der Waals surface area contributed by atoms with Gasteiger partial charge in [0.1, 0.15) is 0 Å². The summed E-state index contributed by atoms with van der Waals surface area (Å²) in [6, 6.07) is 0.395. The van der Waals surface area contributed by atoms with E-state index in [0.717, 1.165) is 25.9 Å². The fraction of sp³-hybridized carbons (Fsp3) is 0.929. The van der Waals surface area contributed by atoms with E-state index in [1.807, 2.05) is 0 Å². The molecule has 3 N–H and O–H groups in total. The number of carbonyl (C=O) groups is 1. The van der Waals surface area contributed by atoms with Crippen molar-refractivity contribution in [1.29, 1.82) is 0 Å². The van der Waals surface area contributed by atoms with Gasteiger partial charge in [-0.1, -0.05) is 12.8 Å². The standard InChI is InChI=1S/C14H27N3O2/c1-14(2)10-17(8-12(7-15)19-14)9-13(18)16-11-5-3-4-6-11/h11-12H,3-10,15H2,1-2H3,(H,16,18). The van der Waals surface area contributed by atoms with Gasteiger partial charge in [-0.25, -0.2) is 0 Å². The smallest absolute Gasteiger partial charge is 0.234 e. The van der Waals surface area contributed by atoms with Crippen LogP contribution in [0.2, 0.25) is 0 Å². The van der Waals surface area contributed by atoms with Crippen molar-refractivity contribution < 1.29 is 9.53 Å². The van der Waals surface area contributed by atoms with Crippen molar-refractivity contribution in [1.82, 2.24) is 10.2 Å². The van der Waals surface area contributed by atoms with E-state index < -0.39 is 0 Å². The summed E-state index contributed by atoms with van der Waals surface area (Å²) < 4.78 is 5.87. The lowest BCUT2D eigenvalue weighted by molar-refractivity contribution is -0.141. The van der Waals surface area contributed by atoms with Crippen LogP contribution in [0.25, 0.3) is 0 Å². The molecule has 2 rings (SSSR count). The summed E-state index contributed by atoms with van der Waals surface area (Å²) in [5.41, 5.74) is 5.47. The molecule has 1 unspecified atom stereocenters. The minimum absolute atomic E-state index is 0.0306. The molecule has 1 amide bonds. The Hall–Kier alpha value is -0.650. The third-order valence-electron chi connectivity index (χ3n) is 3.90. The highest BCUT2D eigenvalue weighted by atomic mass is 16.5. The molecular formula is C14H27N3O2. The molecule has 19 heavy (non-hydrogen) atoms. The fourth-order valence-corrected chi connectivity index (χ4v) is 3.21. The summed E-state index contributed by atoms with van der Waals surface area (Å²) in [6.45, 7) is 6.59. The Kier molecular flexibility index (Phi) is 4.81. The zero-order chi connectivity index (χ0) is 13.9. The van der Waals surface area contributed by atoms with Gasteiger partial charge in [0, 0.05) is 25.7 Å². The Morgan fingerprint density at radius 3 is 2.74 bits per heavy atom. The van der Waals surface area contributed by atoms with Crippen LogP contribution in [0, 0.1) is 0 Å². The van der Waals surface area contributed by atoms with Crippen LogP contribution >= 0.6 is 0 Å². The van der Waals surface area contributed by atoms with E-state index in [2.05, 4.69) is 24.1 Å². The minimum Gasteiger partial charge on any atom is -0.368 e. The molecule has 0 aromatic rings. The molecule has 1 saturated heterocycles. The second-order valence-corrected chi connectivity index (χ2v) is 6.45. The maximum atomic E-state index is 12.0. The average molecular weight is 269 g/mol. The molecule has 1 aliphatic heterocycles. The number of nitrogens with two attached hydrogens (primary N) is 1. The molecule has 0 spiro atoms. The van der Waals surface area contributed by atoms with E-state index in [4.69, 9.17) is 10.5 Å². The first kappa shape index (κ1) is 14.8. The molecule has 1 saturated carbocycles. The van der Waals surface area contributed by atoms with Gasteiger partial charge < -0.3 is 15.8 Å². The summed E-state index contributed by atoms with van der Waals surface area (Å²) in [5.74, 6) is 0.139. The quantitative estimate of drug-likeness (QED) is 0.779. The number of ether oxygens (including phenoxy) is 1. The number of hydrogen-bond acceptors (Lipinski definition) is 4. The van der Waals surface area contributed by atoms with Gasteiger partial charge in [0.05, 0.1) is 18.2 Å². The summed E-state index contributed by atoms with van der Waals surface area (Å²) in [5, 5.41) is 3.13. The SMILES string of the molecule is CC1(C)CN(CC(=O)NC2CCCC2)CC(CN)O1. The Labute approximate surface area is 115 Å². The Bertz CT molecular complexity index is 314. The van der Waals surface area contributed by atoms with Crippen molar-refractivity contribution in [2.45, 2.75) is 57.3 Å². The van der Waals surface area contributed by atoms with Crippen molar-refractivity contribution in [2.24, 2.45) is 5.73 Å². The maximum absolute atomic E-state index is 12.0. The van der Waals surface area contributed by atoms with Crippen LogP contribution in [-0.2, 0) is 9.53 Å². The number of nitrogens with zero attached hydrogens (tertiary/aromatic N) is 1. The monoisotopic (exact) mass is 269 g/mol. The first-order valence-corrected chi connectivity index (χ1v) is 7.38. The zero-order valence-corrected chi connectivity index (χ0v) is 12.2. The van der Waals surface area contributed by atoms with Crippen molar-refractivity contribution in [3.8, 4) is 0 Å². The Balaban J connectivity index is 1.81. The van der Waals surface area contributed by atoms with Gasteiger partial charge in [-0.3, -0.25) is 9.69 Å². The molecule has 5 nitrogen and oxygen atoms in total. The topological polar surface area (TPSA) is 67.6 Å². The van der Waals surface area contributed by atoms with Crippen LogP contribution in [0.15, 0.2) is 0 Å². The number of amides is 1. The van der Waals surface area contributed by atoms with Gasteiger partial charge in [-0.2, -0.15) is 0 Å². The van der Waals surface area contributed by atoms with Crippen LogP contribution < -0.4 is 11.1 Å². The van der Waals surface area contributed by atoms with Crippen molar-refractivity contribution >= 4 is 5.91 Å². The highest BCUT2D eigenvalue weighted by Crippen LogP contribution is 2.21. The lowest BCUT2D eigenvalue weighted by Gasteiger charge is -2.42. The number of hydrogen-bond donors (Lipinski definition) is 2. The molecule has 5 heteroatoms. The number of carbonyl (C=O) groups excluding carboxylic acids is 1. The maximum Gasteiger partial charge on any atom is 0.234 e. The molecule has 1 heterocycles. The molecule has 110 valence electrons. The normalized spacial score (nSPS) is 28.5. The number of rotatable bonds is 4.